The number of hydrogen-bond acceptors (Lipinski definition) is 2. The minimum Gasteiger partial charge on any atom is -0.465 e. The molecule has 27 heavy (non-hydrogen) atoms. The van der Waals surface area contributed by atoms with Crippen molar-refractivity contribution in [1.29, 1.82) is 0 Å². The number of ether oxygens (including phenoxy) is 1. The first-order valence-electron chi connectivity index (χ1n) is 10.1. The summed E-state index contributed by atoms with van der Waals surface area (Å²) in [4.78, 5) is 4.88. The number of hydrogen-bond donors (Lipinski definition) is 0. The Morgan fingerprint density at radius 2 is 1.07 bits per heavy atom. The molecular formula is C25H39NO. The van der Waals surface area contributed by atoms with Gasteiger partial charge in [-0.25, -0.2) is 0 Å². The largest absolute Gasteiger partial charge is 0.465 e. The van der Waals surface area contributed by atoms with E-state index >= 15 is 0 Å². The molecule has 0 bridgehead atoms. The molecule has 0 aromatic carbocycles. The summed E-state index contributed by atoms with van der Waals surface area (Å²) in [6.45, 7) is 26.8. The van der Waals surface area contributed by atoms with Crippen LogP contribution in [-0.2, 0) is 4.74 Å². The predicted octanol–water partition coefficient (Wildman–Crippen LogP) is 7.60. The predicted molar refractivity (Wildman–Crippen MR) is 118 cm³/mol. The molecule has 2 aliphatic rings. The Hall–Kier alpha value is -1.57. The molecule has 2 aliphatic heterocycles. The van der Waals surface area contributed by atoms with Crippen LogP contribution >= 0.6 is 0 Å². The lowest BCUT2D eigenvalue weighted by atomic mass is 9.74. The minimum atomic E-state index is -0.0557. The van der Waals surface area contributed by atoms with Crippen LogP contribution < -0.4 is 0 Å². The quantitative estimate of drug-likeness (QED) is 0.430. The monoisotopic (exact) mass is 369 g/mol. The lowest BCUT2D eigenvalue weighted by molar-refractivity contribution is 0.161. The van der Waals surface area contributed by atoms with E-state index in [0.717, 1.165) is 11.5 Å². The van der Waals surface area contributed by atoms with Crippen molar-refractivity contribution in [1.82, 2.24) is 0 Å². The van der Waals surface area contributed by atoms with Crippen molar-refractivity contribution in [3.63, 3.8) is 0 Å². The van der Waals surface area contributed by atoms with Crippen LogP contribution in [0.5, 0.6) is 0 Å². The summed E-state index contributed by atoms with van der Waals surface area (Å²) in [7, 11) is 0. The summed E-state index contributed by atoms with van der Waals surface area (Å²) in [5.41, 5.74) is 4.87. The number of rotatable bonds is 0. The summed E-state index contributed by atoms with van der Waals surface area (Å²) in [5, 5.41) is 0. The first-order chi connectivity index (χ1) is 11.9. The molecule has 0 atom stereocenters. The Balaban J connectivity index is 2.82. The number of nitrogens with zero attached hydrogens (tertiary/aromatic N) is 1. The van der Waals surface area contributed by atoms with Gasteiger partial charge in [0.1, 0.15) is 11.5 Å². The topological polar surface area (TPSA) is 21.6 Å². The molecule has 2 nitrogen and oxygen atoms in total. The number of allylic oxidation sites excluding steroid dienone is 7. The molecule has 2 rings (SSSR count). The summed E-state index contributed by atoms with van der Waals surface area (Å²) >= 11 is 0. The molecule has 0 fully saturated rings. The smallest absolute Gasteiger partial charge is 0.110 e. The van der Waals surface area contributed by atoms with Gasteiger partial charge in [-0.1, -0.05) is 83.1 Å². The molecular weight excluding hydrogens is 330 g/mol. The van der Waals surface area contributed by atoms with E-state index in [1.807, 2.05) is 0 Å². The third-order valence-corrected chi connectivity index (χ3v) is 4.91. The molecule has 0 radical (unpaired) electrons. The average Bonchev–Trinajstić information content (AvgIpc) is 2.89. The third-order valence-electron chi connectivity index (χ3n) is 4.91. The summed E-state index contributed by atoms with van der Waals surface area (Å²) in [5.74, 6) is 2.04. The standard InChI is InChI=1S/C25H39NO/c1-22(2,3)17-15-26-21(25(10,11)12)20(17)16-13-18(23(4,5)6)27-19(14-16)24(7,8)9/h13-15H,1-12H3. The Morgan fingerprint density at radius 3 is 1.41 bits per heavy atom. The fourth-order valence-electron chi connectivity index (χ4n) is 3.20. The fraction of sp³-hybridized carbons (Fsp3) is 0.640. The van der Waals surface area contributed by atoms with Crippen LogP contribution in [0, 0.1) is 21.7 Å². The van der Waals surface area contributed by atoms with Crippen molar-refractivity contribution in [3.8, 4) is 0 Å². The highest BCUT2D eigenvalue weighted by molar-refractivity contribution is 6.11. The zero-order chi connectivity index (χ0) is 21.0. The molecule has 0 spiro atoms. The van der Waals surface area contributed by atoms with Crippen LogP contribution in [0.2, 0.25) is 0 Å². The van der Waals surface area contributed by atoms with Gasteiger partial charge in [0.25, 0.3) is 0 Å². The first kappa shape index (κ1) is 21.7. The Morgan fingerprint density at radius 1 is 0.630 bits per heavy atom. The van der Waals surface area contributed by atoms with E-state index in [1.165, 1.54) is 22.4 Å². The average molecular weight is 370 g/mol. The van der Waals surface area contributed by atoms with Gasteiger partial charge >= 0.3 is 0 Å². The zero-order valence-corrected chi connectivity index (χ0v) is 19.6. The summed E-state index contributed by atoms with van der Waals surface area (Å²) < 4.78 is 6.38. The van der Waals surface area contributed by atoms with Gasteiger partial charge in [-0.2, -0.15) is 0 Å². The molecule has 0 amide bonds. The maximum absolute atomic E-state index is 6.38. The SMILES string of the molecule is CC(C)(C)C1=CC(=C2C(C(C)(C)C)=CN=C2C(C)(C)C)C=C(C(C)(C)C)O1. The Bertz CT molecular complexity index is 706. The van der Waals surface area contributed by atoms with Gasteiger partial charge in [0.2, 0.25) is 0 Å². The second-order valence-electron chi connectivity index (χ2n) is 12.0. The maximum atomic E-state index is 6.38. The van der Waals surface area contributed by atoms with Gasteiger partial charge < -0.3 is 4.74 Å². The normalized spacial score (nSPS) is 19.4. The molecule has 0 aliphatic carbocycles. The van der Waals surface area contributed by atoms with Gasteiger partial charge in [0.05, 0.1) is 5.71 Å². The molecule has 0 N–H and O–H groups in total. The molecule has 150 valence electrons. The Kier molecular flexibility index (Phi) is 5.23. The molecule has 0 unspecified atom stereocenters. The Labute approximate surface area is 167 Å². The summed E-state index contributed by atoms with van der Waals surface area (Å²) in [6, 6.07) is 0. The molecule has 2 heterocycles. The minimum absolute atomic E-state index is 0.0182. The van der Waals surface area contributed by atoms with Crippen molar-refractivity contribution in [2.75, 3.05) is 0 Å². The fourth-order valence-corrected chi connectivity index (χ4v) is 3.20. The van der Waals surface area contributed by atoms with Crippen LogP contribution in [0.3, 0.4) is 0 Å². The van der Waals surface area contributed by atoms with Crippen molar-refractivity contribution in [2.45, 2.75) is 83.1 Å². The van der Waals surface area contributed by atoms with Crippen LogP contribution in [-0.4, -0.2) is 5.71 Å². The highest BCUT2D eigenvalue weighted by atomic mass is 16.5. The van der Waals surface area contributed by atoms with Crippen LogP contribution in [0.4, 0.5) is 0 Å². The van der Waals surface area contributed by atoms with Crippen LogP contribution in [0.25, 0.3) is 0 Å². The van der Waals surface area contributed by atoms with E-state index in [0.29, 0.717) is 0 Å². The van der Waals surface area contributed by atoms with Crippen molar-refractivity contribution >= 4 is 5.71 Å². The molecule has 0 saturated carbocycles. The van der Waals surface area contributed by atoms with E-state index in [4.69, 9.17) is 9.73 Å². The number of aliphatic imine (C=N–C) groups is 1. The van der Waals surface area contributed by atoms with Gasteiger partial charge in [-0.3, -0.25) is 4.99 Å². The van der Waals surface area contributed by atoms with E-state index in [2.05, 4.69) is 101 Å². The first-order valence-corrected chi connectivity index (χ1v) is 10.1. The van der Waals surface area contributed by atoms with E-state index < -0.39 is 0 Å². The second kappa shape index (κ2) is 6.50. The lowest BCUT2D eigenvalue weighted by Crippen LogP contribution is -2.26. The molecule has 0 saturated heterocycles. The van der Waals surface area contributed by atoms with Crippen molar-refractivity contribution in [2.24, 2.45) is 26.7 Å². The van der Waals surface area contributed by atoms with Gasteiger partial charge in [-0.15, -0.1) is 0 Å². The van der Waals surface area contributed by atoms with E-state index in [1.54, 1.807) is 0 Å². The second-order valence-corrected chi connectivity index (χ2v) is 12.0. The van der Waals surface area contributed by atoms with Crippen molar-refractivity contribution in [3.05, 3.63) is 46.6 Å². The lowest BCUT2D eigenvalue weighted by Gasteiger charge is -2.34. The van der Waals surface area contributed by atoms with Crippen LogP contribution in [0.15, 0.2) is 51.6 Å². The molecule has 0 aromatic rings. The van der Waals surface area contributed by atoms with Gasteiger partial charge in [0, 0.05) is 28.0 Å². The van der Waals surface area contributed by atoms with E-state index in [9.17, 15) is 0 Å². The maximum Gasteiger partial charge on any atom is 0.110 e. The molecule has 2 heteroatoms. The van der Waals surface area contributed by atoms with Gasteiger partial charge in [-0.05, 0) is 28.7 Å². The zero-order valence-electron chi connectivity index (χ0n) is 19.6. The van der Waals surface area contributed by atoms with E-state index in [-0.39, 0.29) is 21.7 Å². The van der Waals surface area contributed by atoms with Crippen molar-refractivity contribution < 1.29 is 4.74 Å². The third kappa shape index (κ3) is 4.65. The highest BCUT2D eigenvalue weighted by Crippen LogP contribution is 2.45. The summed E-state index contributed by atoms with van der Waals surface area (Å²) in [6.07, 6.45) is 6.54. The molecule has 0 aromatic heterocycles. The highest BCUT2D eigenvalue weighted by Gasteiger charge is 2.37. The van der Waals surface area contributed by atoms with Crippen LogP contribution in [0.1, 0.15) is 83.1 Å². The van der Waals surface area contributed by atoms with Gasteiger partial charge in [0.15, 0.2) is 0 Å².